The van der Waals surface area contributed by atoms with Crippen LogP contribution in [0.25, 0.3) is 11.0 Å². The fourth-order valence-corrected chi connectivity index (χ4v) is 7.00. The molecule has 0 saturated carbocycles. The number of benzene rings is 1. The molecule has 2 aromatic heterocycles. The summed E-state index contributed by atoms with van der Waals surface area (Å²) < 4.78 is 38.7. The van der Waals surface area contributed by atoms with E-state index in [4.69, 9.17) is 9.15 Å². The van der Waals surface area contributed by atoms with E-state index in [0.29, 0.717) is 29.6 Å². The average molecular weight is 555 g/mol. The van der Waals surface area contributed by atoms with E-state index in [-0.39, 0.29) is 35.4 Å². The number of hydrogen-bond donors (Lipinski definition) is 1. The second kappa shape index (κ2) is 10.4. The van der Waals surface area contributed by atoms with Crippen LogP contribution in [0.1, 0.15) is 37.2 Å². The lowest BCUT2D eigenvalue weighted by Crippen LogP contribution is -2.52. The summed E-state index contributed by atoms with van der Waals surface area (Å²) in [4.78, 5) is 45.3. The molecule has 1 N–H and O–H groups in total. The van der Waals surface area contributed by atoms with Crippen LogP contribution < -0.4 is 10.1 Å². The summed E-state index contributed by atoms with van der Waals surface area (Å²) in [6.45, 7) is 3.73. The van der Waals surface area contributed by atoms with Crippen molar-refractivity contribution in [2.24, 2.45) is 5.92 Å². The summed E-state index contributed by atoms with van der Waals surface area (Å²) >= 11 is 0. The van der Waals surface area contributed by atoms with Crippen molar-refractivity contribution in [3.8, 4) is 5.75 Å². The molecule has 206 valence electrons. The molecule has 3 unspecified atom stereocenters. The average Bonchev–Trinajstić information content (AvgIpc) is 3.63. The first-order valence-electron chi connectivity index (χ1n) is 12.7. The molecule has 0 spiro atoms. The zero-order valence-corrected chi connectivity index (χ0v) is 22.7. The van der Waals surface area contributed by atoms with Crippen molar-refractivity contribution in [1.29, 1.82) is 0 Å². The smallest absolute Gasteiger partial charge is 0.287 e. The zero-order valence-electron chi connectivity index (χ0n) is 21.9. The van der Waals surface area contributed by atoms with Gasteiger partial charge in [0.1, 0.15) is 17.0 Å². The SMILES string of the molecule is COc1cccc2cc(C(=O)NC(CC(C)C)C(=O)N3CCC4C3C(=O)CN4S(=O)(=O)c3cccnc3)oc12. The van der Waals surface area contributed by atoms with Gasteiger partial charge in [0.2, 0.25) is 15.9 Å². The van der Waals surface area contributed by atoms with Crippen LogP contribution in [-0.4, -0.2) is 78.5 Å². The van der Waals surface area contributed by atoms with Gasteiger partial charge >= 0.3 is 0 Å². The number of likely N-dealkylation sites (tertiary alicyclic amines) is 1. The number of hydrogen-bond acceptors (Lipinski definition) is 8. The van der Waals surface area contributed by atoms with Crippen LogP contribution >= 0.6 is 0 Å². The number of para-hydroxylation sites is 1. The van der Waals surface area contributed by atoms with E-state index < -0.39 is 40.0 Å². The number of furan rings is 1. The minimum atomic E-state index is -3.97. The molecule has 2 aliphatic rings. The number of amides is 2. The number of carbonyl (C=O) groups is 3. The Hall–Kier alpha value is -3.77. The Morgan fingerprint density at radius 2 is 2.03 bits per heavy atom. The molecule has 5 rings (SSSR count). The number of carbonyl (C=O) groups excluding carboxylic acids is 3. The Morgan fingerprint density at radius 1 is 1.23 bits per heavy atom. The maximum Gasteiger partial charge on any atom is 0.287 e. The second-order valence-electron chi connectivity index (χ2n) is 10.2. The summed E-state index contributed by atoms with van der Waals surface area (Å²) in [5, 5.41) is 3.47. The number of sulfonamides is 1. The highest BCUT2D eigenvalue weighted by atomic mass is 32.2. The predicted molar refractivity (Wildman–Crippen MR) is 141 cm³/mol. The van der Waals surface area contributed by atoms with Gasteiger partial charge in [-0.25, -0.2) is 8.42 Å². The Morgan fingerprint density at radius 3 is 2.72 bits per heavy atom. The highest BCUT2D eigenvalue weighted by Gasteiger charge is 2.54. The lowest BCUT2D eigenvalue weighted by molar-refractivity contribution is -0.138. The molecule has 4 heterocycles. The molecule has 3 aromatic rings. The van der Waals surface area contributed by atoms with Gasteiger partial charge < -0.3 is 19.4 Å². The Balaban J connectivity index is 1.37. The van der Waals surface area contributed by atoms with E-state index in [9.17, 15) is 22.8 Å². The van der Waals surface area contributed by atoms with Crippen LogP contribution in [0.2, 0.25) is 0 Å². The molecular formula is C27H30N4O7S. The monoisotopic (exact) mass is 554 g/mol. The fraction of sp³-hybridized carbons (Fsp3) is 0.407. The van der Waals surface area contributed by atoms with Crippen molar-refractivity contribution in [1.82, 2.24) is 19.5 Å². The summed E-state index contributed by atoms with van der Waals surface area (Å²) in [6.07, 6.45) is 3.35. The largest absolute Gasteiger partial charge is 0.493 e. The van der Waals surface area contributed by atoms with E-state index >= 15 is 0 Å². The van der Waals surface area contributed by atoms with Gasteiger partial charge in [-0.3, -0.25) is 19.4 Å². The maximum atomic E-state index is 13.8. The third-order valence-corrected chi connectivity index (χ3v) is 9.02. The third-order valence-electron chi connectivity index (χ3n) is 7.16. The summed E-state index contributed by atoms with van der Waals surface area (Å²) in [5.74, 6) is -0.780. The first-order valence-corrected chi connectivity index (χ1v) is 14.2. The van der Waals surface area contributed by atoms with Crippen molar-refractivity contribution in [3.05, 3.63) is 54.6 Å². The Labute approximate surface area is 226 Å². The number of fused-ring (bicyclic) bond motifs is 2. The van der Waals surface area contributed by atoms with Crippen molar-refractivity contribution in [2.75, 3.05) is 20.2 Å². The highest BCUT2D eigenvalue weighted by Crippen LogP contribution is 2.34. The molecule has 2 aliphatic heterocycles. The molecule has 12 heteroatoms. The van der Waals surface area contributed by atoms with Gasteiger partial charge in [-0.2, -0.15) is 4.31 Å². The van der Waals surface area contributed by atoms with Crippen molar-refractivity contribution in [3.63, 3.8) is 0 Å². The lowest BCUT2D eigenvalue weighted by Gasteiger charge is -2.29. The number of nitrogens with one attached hydrogen (secondary N) is 1. The van der Waals surface area contributed by atoms with Crippen LogP contribution in [0.5, 0.6) is 5.75 Å². The molecular weight excluding hydrogens is 524 g/mol. The number of ether oxygens (including phenoxy) is 1. The van der Waals surface area contributed by atoms with Gasteiger partial charge in [0.25, 0.3) is 5.91 Å². The van der Waals surface area contributed by atoms with Gasteiger partial charge in [0.05, 0.1) is 19.7 Å². The van der Waals surface area contributed by atoms with Gasteiger partial charge in [-0.1, -0.05) is 26.0 Å². The Kier molecular flexibility index (Phi) is 7.17. The molecule has 2 amide bonds. The number of nitrogens with zero attached hydrogens (tertiary/aromatic N) is 3. The minimum Gasteiger partial charge on any atom is -0.493 e. The third kappa shape index (κ3) is 4.89. The topological polar surface area (TPSA) is 139 Å². The van der Waals surface area contributed by atoms with E-state index in [1.165, 1.54) is 40.8 Å². The minimum absolute atomic E-state index is 0.00404. The van der Waals surface area contributed by atoms with Crippen LogP contribution in [-0.2, 0) is 19.6 Å². The molecule has 0 bridgehead atoms. The summed E-state index contributed by atoms with van der Waals surface area (Å²) in [5.41, 5.74) is 0.422. The van der Waals surface area contributed by atoms with Crippen LogP contribution in [0.15, 0.2) is 58.1 Å². The molecule has 3 atom stereocenters. The number of rotatable bonds is 8. The van der Waals surface area contributed by atoms with E-state index in [2.05, 4.69) is 10.3 Å². The van der Waals surface area contributed by atoms with E-state index in [0.717, 1.165) is 0 Å². The zero-order chi connectivity index (χ0) is 27.9. The normalized spacial score (nSPS) is 20.4. The van der Waals surface area contributed by atoms with Crippen molar-refractivity contribution < 1.29 is 32.0 Å². The number of Topliss-reactive ketones (excluding diaryl/α,β-unsaturated/α-hetero) is 1. The molecule has 2 saturated heterocycles. The summed E-state index contributed by atoms with van der Waals surface area (Å²) in [6, 6.07) is 7.30. The van der Waals surface area contributed by atoms with Crippen LogP contribution in [0, 0.1) is 5.92 Å². The first-order chi connectivity index (χ1) is 18.6. The van der Waals surface area contributed by atoms with E-state index in [1.807, 2.05) is 13.8 Å². The van der Waals surface area contributed by atoms with Gasteiger partial charge in [0.15, 0.2) is 22.9 Å². The molecule has 1 aromatic carbocycles. The second-order valence-corrected chi connectivity index (χ2v) is 12.1. The molecule has 39 heavy (non-hydrogen) atoms. The number of pyridine rings is 1. The van der Waals surface area contributed by atoms with E-state index in [1.54, 1.807) is 24.3 Å². The predicted octanol–water partition coefficient (Wildman–Crippen LogP) is 2.22. The van der Waals surface area contributed by atoms with Gasteiger partial charge in [-0.05, 0) is 43.0 Å². The van der Waals surface area contributed by atoms with Gasteiger partial charge in [0, 0.05) is 24.3 Å². The number of methoxy groups -OCH3 is 1. The van der Waals surface area contributed by atoms with Gasteiger partial charge in [-0.15, -0.1) is 0 Å². The maximum absolute atomic E-state index is 13.8. The molecule has 0 aliphatic carbocycles. The lowest BCUT2D eigenvalue weighted by atomic mass is 10.0. The highest BCUT2D eigenvalue weighted by molar-refractivity contribution is 7.89. The van der Waals surface area contributed by atoms with Crippen molar-refractivity contribution >= 4 is 38.6 Å². The fourth-order valence-electron chi connectivity index (χ4n) is 5.41. The van der Waals surface area contributed by atoms with Crippen molar-refractivity contribution in [2.45, 2.75) is 49.7 Å². The van der Waals surface area contributed by atoms with Crippen LogP contribution in [0.4, 0.5) is 0 Å². The van der Waals surface area contributed by atoms with Crippen LogP contribution in [0.3, 0.4) is 0 Å². The quantitative estimate of drug-likeness (QED) is 0.447. The number of aromatic nitrogens is 1. The summed E-state index contributed by atoms with van der Waals surface area (Å²) in [7, 11) is -2.46. The standard InChI is InChI=1S/C27H30N4O7S/c1-16(2)12-19(29-26(33)23-13-17-6-4-8-22(37-3)25(17)38-23)27(34)30-11-9-20-24(30)21(32)15-31(20)39(35,36)18-7-5-10-28-14-18/h4-8,10,13-14,16,19-20,24H,9,11-12,15H2,1-3H3,(H,29,33). The number of ketones is 1. The molecule has 2 fully saturated rings. The Bertz CT molecular complexity index is 1520. The molecule has 11 nitrogen and oxygen atoms in total. The first kappa shape index (κ1) is 26.8. The molecule has 0 radical (unpaired) electrons.